The van der Waals surface area contributed by atoms with Gasteiger partial charge in [0.25, 0.3) is 0 Å². The molecule has 1 aliphatic heterocycles. The fourth-order valence-electron chi connectivity index (χ4n) is 2.87. The molecule has 1 aliphatic carbocycles. The lowest BCUT2D eigenvalue weighted by molar-refractivity contribution is -0.130. The summed E-state index contributed by atoms with van der Waals surface area (Å²) in [4.78, 5) is 23.7. The number of nitrogens with one attached hydrogen (secondary N) is 1. The Morgan fingerprint density at radius 1 is 1.35 bits per heavy atom. The number of amides is 1. The van der Waals surface area contributed by atoms with Crippen LogP contribution in [0.4, 0.5) is 0 Å². The molecule has 4 heteroatoms. The SMILES string of the molecule is CC1CCC(C(=O)NC2CCSC2=O)C1(C)C. The molecule has 1 N–H and O–H groups in total. The summed E-state index contributed by atoms with van der Waals surface area (Å²) in [7, 11) is 0. The molecular weight excluding hydrogens is 234 g/mol. The van der Waals surface area contributed by atoms with Crippen molar-refractivity contribution in [2.45, 2.75) is 46.1 Å². The molecule has 0 spiro atoms. The molecule has 2 aliphatic rings. The summed E-state index contributed by atoms with van der Waals surface area (Å²) >= 11 is 1.34. The maximum atomic E-state index is 12.2. The van der Waals surface area contributed by atoms with E-state index in [1.165, 1.54) is 11.8 Å². The van der Waals surface area contributed by atoms with E-state index in [-0.39, 0.29) is 28.4 Å². The minimum absolute atomic E-state index is 0.0544. The Morgan fingerprint density at radius 2 is 2.06 bits per heavy atom. The maximum Gasteiger partial charge on any atom is 0.224 e. The third-order valence-corrected chi connectivity index (χ3v) is 5.63. The van der Waals surface area contributed by atoms with E-state index in [2.05, 4.69) is 26.1 Å². The first-order valence-corrected chi connectivity index (χ1v) is 7.38. The van der Waals surface area contributed by atoms with Crippen molar-refractivity contribution in [1.82, 2.24) is 5.32 Å². The Kier molecular flexibility index (Phi) is 3.53. The van der Waals surface area contributed by atoms with E-state index in [1.54, 1.807) is 0 Å². The van der Waals surface area contributed by atoms with Gasteiger partial charge in [-0.05, 0) is 30.6 Å². The highest BCUT2D eigenvalue weighted by molar-refractivity contribution is 8.14. The van der Waals surface area contributed by atoms with E-state index in [1.807, 2.05) is 0 Å². The summed E-state index contributed by atoms with van der Waals surface area (Å²) in [5, 5.41) is 3.06. The smallest absolute Gasteiger partial charge is 0.224 e. The van der Waals surface area contributed by atoms with Gasteiger partial charge in [0, 0.05) is 11.7 Å². The zero-order chi connectivity index (χ0) is 12.6. The molecule has 2 rings (SSSR count). The van der Waals surface area contributed by atoms with Crippen LogP contribution >= 0.6 is 11.8 Å². The Labute approximate surface area is 107 Å². The Balaban J connectivity index is 1.99. The van der Waals surface area contributed by atoms with Crippen LogP contribution in [0, 0.1) is 17.3 Å². The van der Waals surface area contributed by atoms with Gasteiger partial charge in [0.1, 0.15) is 0 Å². The molecule has 0 aromatic carbocycles. The van der Waals surface area contributed by atoms with Crippen molar-refractivity contribution in [3.05, 3.63) is 0 Å². The summed E-state index contributed by atoms with van der Waals surface area (Å²) in [5.74, 6) is 1.57. The predicted molar refractivity (Wildman–Crippen MR) is 69.7 cm³/mol. The van der Waals surface area contributed by atoms with Gasteiger partial charge in [0.05, 0.1) is 6.04 Å². The first-order valence-electron chi connectivity index (χ1n) is 6.40. The summed E-state index contributed by atoms with van der Waals surface area (Å²) in [5.41, 5.74) is 0.0544. The molecule has 0 radical (unpaired) electrons. The Hall–Kier alpha value is -0.510. The van der Waals surface area contributed by atoms with Crippen LogP contribution in [0.1, 0.15) is 40.0 Å². The second kappa shape index (κ2) is 4.63. The van der Waals surface area contributed by atoms with Crippen molar-refractivity contribution in [2.24, 2.45) is 17.3 Å². The van der Waals surface area contributed by atoms with Crippen LogP contribution in [0.25, 0.3) is 0 Å². The van der Waals surface area contributed by atoms with Crippen molar-refractivity contribution in [3.63, 3.8) is 0 Å². The number of hydrogen-bond donors (Lipinski definition) is 1. The number of carbonyl (C=O) groups excluding carboxylic acids is 2. The number of carbonyl (C=O) groups is 2. The molecule has 1 amide bonds. The molecule has 17 heavy (non-hydrogen) atoms. The molecule has 3 unspecified atom stereocenters. The molecule has 1 saturated carbocycles. The molecular formula is C13H21NO2S. The van der Waals surface area contributed by atoms with Gasteiger partial charge in [0.2, 0.25) is 11.0 Å². The normalized spacial score (nSPS) is 36.2. The maximum absolute atomic E-state index is 12.2. The third kappa shape index (κ3) is 2.37. The van der Waals surface area contributed by atoms with Gasteiger partial charge in [-0.1, -0.05) is 32.5 Å². The summed E-state index contributed by atoms with van der Waals surface area (Å²) < 4.78 is 0. The fraction of sp³-hybridized carbons (Fsp3) is 0.846. The predicted octanol–water partition coefficient (Wildman–Crippen LogP) is 2.21. The van der Waals surface area contributed by atoms with Crippen LogP contribution in [0.15, 0.2) is 0 Å². The van der Waals surface area contributed by atoms with Gasteiger partial charge in [-0.2, -0.15) is 0 Å². The summed E-state index contributed by atoms with van der Waals surface area (Å²) in [6.07, 6.45) is 2.85. The van der Waals surface area contributed by atoms with Gasteiger partial charge in [-0.15, -0.1) is 0 Å². The highest BCUT2D eigenvalue weighted by Crippen LogP contribution is 2.47. The number of rotatable bonds is 2. The van der Waals surface area contributed by atoms with Crippen molar-refractivity contribution in [2.75, 3.05) is 5.75 Å². The molecule has 0 bridgehead atoms. The van der Waals surface area contributed by atoms with E-state index < -0.39 is 0 Å². The lowest BCUT2D eigenvalue weighted by Gasteiger charge is -2.30. The molecule has 1 heterocycles. The molecule has 2 fully saturated rings. The van der Waals surface area contributed by atoms with Gasteiger partial charge < -0.3 is 5.32 Å². The first-order chi connectivity index (χ1) is 7.93. The average Bonchev–Trinajstić information content (AvgIpc) is 2.74. The van der Waals surface area contributed by atoms with Crippen molar-refractivity contribution >= 4 is 22.8 Å². The highest BCUT2D eigenvalue weighted by Gasteiger charge is 2.45. The molecule has 96 valence electrons. The standard InChI is InChI=1S/C13H21NO2S/c1-8-4-5-9(13(8,2)3)11(15)14-10-6-7-17-12(10)16/h8-10H,4-7H2,1-3H3,(H,14,15). The van der Waals surface area contributed by atoms with Gasteiger partial charge in [-0.25, -0.2) is 0 Å². The molecule has 0 aromatic heterocycles. The van der Waals surface area contributed by atoms with Crippen LogP contribution in [-0.4, -0.2) is 22.8 Å². The number of thioether (sulfide) groups is 1. The van der Waals surface area contributed by atoms with Crippen LogP contribution in [0.5, 0.6) is 0 Å². The first kappa shape index (κ1) is 12.9. The molecule has 0 aromatic rings. The highest BCUT2D eigenvalue weighted by atomic mass is 32.2. The van der Waals surface area contributed by atoms with Crippen LogP contribution in [0.2, 0.25) is 0 Å². The van der Waals surface area contributed by atoms with E-state index in [4.69, 9.17) is 0 Å². The van der Waals surface area contributed by atoms with Crippen LogP contribution < -0.4 is 5.32 Å². The summed E-state index contributed by atoms with van der Waals surface area (Å²) in [6.45, 7) is 6.55. The Bertz CT molecular complexity index is 340. The third-order valence-electron chi connectivity index (χ3n) is 4.62. The van der Waals surface area contributed by atoms with Crippen LogP contribution in [0.3, 0.4) is 0 Å². The van der Waals surface area contributed by atoms with E-state index in [0.29, 0.717) is 5.92 Å². The number of hydrogen-bond acceptors (Lipinski definition) is 3. The quantitative estimate of drug-likeness (QED) is 0.823. The van der Waals surface area contributed by atoms with E-state index in [9.17, 15) is 9.59 Å². The molecule has 3 nitrogen and oxygen atoms in total. The minimum atomic E-state index is -0.237. The minimum Gasteiger partial charge on any atom is -0.345 e. The van der Waals surface area contributed by atoms with Gasteiger partial charge >= 0.3 is 0 Å². The van der Waals surface area contributed by atoms with Gasteiger partial charge in [-0.3, -0.25) is 9.59 Å². The van der Waals surface area contributed by atoms with Crippen molar-refractivity contribution in [3.8, 4) is 0 Å². The molecule has 3 atom stereocenters. The fourth-order valence-corrected chi connectivity index (χ4v) is 3.81. The van der Waals surface area contributed by atoms with Gasteiger partial charge in [0.15, 0.2) is 0 Å². The Morgan fingerprint density at radius 3 is 2.53 bits per heavy atom. The van der Waals surface area contributed by atoms with E-state index >= 15 is 0 Å². The second-order valence-electron chi connectivity index (χ2n) is 5.87. The lowest BCUT2D eigenvalue weighted by Crippen LogP contribution is -2.44. The second-order valence-corrected chi connectivity index (χ2v) is 6.97. The monoisotopic (exact) mass is 255 g/mol. The zero-order valence-electron chi connectivity index (χ0n) is 10.8. The van der Waals surface area contributed by atoms with Crippen LogP contribution in [-0.2, 0) is 9.59 Å². The average molecular weight is 255 g/mol. The zero-order valence-corrected chi connectivity index (χ0v) is 11.6. The largest absolute Gasteiger partial charge is 0.345 e. The van der Waals surface area contributed by atoms with Crippen molar-refractivity contribution < 1.29 is 9.59 Å². The summed E-state index contributed by atoms with van der Waals surface area (Å²) in [6, 6.07) is -0.237. The lowest BCUT2D eigenvalue weighted by atomic mass is 9.76. The molecule has 1 saturated heterocycles. The van der Waals surface area contributed by atoms with E-state index in [0.717, 1.165) is 25.0 Å². The van der Waals surface area contributed by atoms with Crippen molar-refractivity contribution in [1.29, 1.82) is 0 Å². The topological polar surface area (TPSA) is 46.2 Å².